The number of pyridine rings is 1. The number of hydrogen-bond acceptors (Lipinski definition) is 3. The Hall–Kier alpha value is -2.14. The second-order valence-corrected chi connectivity index (χ2v) is 3.42. The van der Waals surface area contributed by atoms with Gasteiger partial charge in [-0.05, 0) is 24.3 Å². The number of benzene rings is 1. The Morgan fingerprint density at radius 1 is 1.18 bits per heavy atom. The number of hydrogen-bond donors (Lipinski definition) is 2. The quantitative estimate of drug-likeness (QED) is 0.750. The van der Waals surface area contributed by atoms with Gasteiger partial charge < -0.3 is 10.3 Å². The molecule has 1 amide bonds. The van der Waals surface area contributed by atoms with Gasteiger partial charge in [0.1, 0.15) is 5.82 Å². The Bertz CT molecular complexity index is 500. The third kappa shape index (κ3) is 2.92. The summed E-state index contributed by atoms with van der Waals surface area (Å²) in [5, 5.41) is 11.4. The van der Waals surface area contributed by atoms with E-state index in [1.807, 2.05) is 0 Å². The Balaban J connectivity index is 2.09. The fourth-order valence-electron chi connectivity index (χ4n) is 1.35. The molecular weight excluding hydrogens is 215 g/mol. The van der Waals surface area contributed by atoms with Crippen LogP contribution in [0, 0.1) is 0 Å². The summed E-state index contributed by atoms with van der Waals surface area (Å²) in [5.41, 5.74) is 1.17. The maximum Gasteiger partial charge on any atom is 0.326 e. The van der Waals surface area contributed by atoms with Crippen molar-refractivity contribution in [1.82, 2.24) is 4.98 Å². The number of carbonyl (C=O) groups is 1. The lowest BCUT2D eigenvalue weighted by atomic mass is 9.88. The third-order valence-electron chi connectivity index (χ3n) is 2.23. The van der Waals surface area contributed by atoms with Gasteiger partial charge in [0.15, 0.2) is 0 Å². The second kappa shape index (κ2) is 5.27. The largest absolute Gasteiger partial charge is 0.450 e. The number of amides is 1. The molecule has 17 heavy (non-hydrogen) atoms. The van der Waals surface area contributed by atoms with Crippen LogP contribution in [0.5, 0.6) is 0 Å². The molecule has 5 heteroatoms. The standard InChI is InChI=1S/C12H10BN2O2/c16-12(15-11-3-1-2-8-14-11)9-4-6-10(13-17)7-5-9/h1-8,17H,(H,14,15,16). The number of nitrogens with one attached hydrogen (secondary N) is 1. The van der Waals surface area contributed by atoms with E-state index in [4.69, 9.17) is 5.02 Å². The summed E-state index contributed by atoms with van der Waals surface area (Å²) >= 11 is 0. The first-order chi connectivity index (χ1) is 8.29. The monoisotopic (exact) mass is 225 g/mol. The summed E-state index contributed by atoms with van der Waals surface area (Å²) in [7, 11) is 0.987. The van der Waals surface area contributed by atoms with Gasteiger partial charge in [0, 0.05) is 11.8 Å². The Kier molecular flexibility index (Phi) is 3.52. The van der Waals surface area contributed by atoms with Crippen LogP contribution in [0.25, 0.3) is 0 Å². The van der Waals surface area contributed by atoms with Gasteiger partial charge in [-0.2, -0.15) is 0 Å². The Morgan fingerprint density at radius 3 is 2.53 bits per heavy atom. The highest BCUT2D eigenvalue weighted by Crippen LogP contribution is 2.04. The molecule has 0 aliphatic carbocycles. The van der Waals surface area contributed by atoms with Gasteiger partial charge in [0.2, 0.25) is 0 Å². The van der Waals surface area contributed by atoms with E-state index in [9.17, 15) is 4.79 Å². The molecule has 1 radical (unpaired) electrons. The number of carbonyl (C=O) groups excluding carboxylic acids is 1. The molecule has 4 nitrogen and oxygen atoms in total. The minimum atomic E-state index is -0.229. The number of aromatic nitrogens is 1. The molecule has 83 valence electrons. The van der Waals surface area contributed by atoms with Crippen LogP contribution in [0.15, 0.2) is 48.7 Å². The molecular formula is C12H10BN2O2. The predicted molar refractivity (Wildman–Crippen MR) is 66.2 cm³/mol. The second-order valence-electron chi connectivity index (χ2n) is 3.42. The van der Waals surface area contributed by atoms with Crippen LogP contribution < -0.4 is 10.8 Å². The van der Waals surface area contributed by atoms with Crippen molar-refractivity contribution in [2.24, 2.45) is 0 Å². The average molecular weight is 225 g/mol. The fraction of sp³-hybridized carbons (Fsp3) is 0. The van der Waals surface area contributed by atoms with E-state index in [-0.39, 0.29) is 5.91 Å². The van der Waals surface area contributed by atoms with Crippen molar-refractivity contribution in [3.63, 3.8) is 0 Å². The molecule has 0 aliphatic rings. The van der Waals surface area contributed by atoms with Gasteiger partial charge in [-0.25, -0.2) is 4.98 Å². The molecule has 1 heterocycles. The molecule has 0 aliphatic heterocycles. The van der Waals surface area contributed by atoms with E-state index < -0.39 is 0 Å². The van der Waals surface area contributed by atoms with Crippen molar-refractivity contribution in [3.05, 3.63) is 54.2 Å². The van der Waals surface area contributed by atoms with Crippen molar-refractivity contribution in [2.75, 3.05) is 5.32 Å². The maximum absolute atomic E-state index is 11.8. The zero-order valence-electron chi connectivity index (χ0n) is 9.00. The zero-order valence-corrected chi connectivity index (χ0v) is 9.00. The summed E-state index contributed by atoms with van der Waals surface area (Å²) < 4.78 is 0. The molecule has 2 N–H and O–H groups in total. The normalized spacial score (nSPS) is 9.71. The lowest BCUT2D eigenvalue weighted by Crippen LogP contribution is -2.16. The topological polar surface area (TPSA) is 62.2 Å². The minimum Gasteiger partial charge on any atom is -0.450 e. The summed E-state index contributed by atoms with van der Waals surface area (Å²) in [5.74, 6) is 0.281. The molecule has 1 aromatic carbocycles. The van der Waals surface area contributed by atoms with Crippen LogP contribution in [-0.2, 0) is 0 Å². The first-order valence-corrected chi connectivity index (χ1v) is 5.09. The van der Waals surface area contributed by atoms with Crippen LogP contribution in [0.3, 0.4) is 0 Å². The Morgan fingerprint density at radius 2 is 1.94 bits per heavy atom. The van der Waals surface area contributed by atoms with Gasteiger partial charge in [0.05, 0.1) is 0 Å². The number of rotatable bonds is 3. The van der Waals surface area contributed by atoms with Crippen LogP contribution >= 0.6 is 0 Å². The summed E-state index contributed by atoms with van der Waals surface area (Å²) in [6.45, 7) is 0. The predicted octanol–water partition coefficient (Wildman–Crippen LogP) is 0.571. The molecule has 0 unspecified atom stereocenters. The van der Waals surface area contributed by atoms with Crippen molar-refractivity contribution < 1.29 is 9.82 Å². The van der Waals surface area contributed by atoms with E-state index >= 15 is 0 Å². The maximum atomic E-state index is 11.8. The van der Waals surface area contributed by atoms with Gasteiger partial charge in [-0.15, -0.1) is 0 Å². The van der Waals surface area contributed by atoms with E-state index in [2.05, 4.69) is 10.3 Å². The van der Waals surface area contributed by atoms with E-state index in [1.54, 1.807) is 48.7 Å². The Labute approximate surface area is 99.6 Å². The van der Waals surface area contributed by atoms with Gasteiger partial charge >= 0.3 is 7.48 Å². The lowest BCUT2D eigenvalue weighted by Gasteiger charge is -2.04. The first-order valence-electron chi connectivity index (χ1n) is 5.09. The molecule has 0 spiro atoms. The fourth-order valence-corrected chi connectivity index (χ4v) is 1.35. The molecule has 0 saturated carbocycles. The van der Waals surface area contributed by atoms with Crippen LogP contribution in [0.1, 0.15) is 10.4 Å². The molecule has 0 bridgehead atoms. The highest BCUT2D eigenvalue weighted by Gasteiger charge is 2.06. The molecule has 0 atom stereocenters. The van der Waals surface area contributed by atoms with Gasteiger partial charge in [0.25, 0.3) is 5.91 Å². The average Bonchev–Trinajstić information content (AvgIpc) is 2.40. The molecule has 0 saturated heterocycles. The van der Waals surface area contributed by atoms with Crippen LogP contribution in [0.4, 0.5) is 5.82 Å². The van der Waals surface area contributed by atoms with Crippen LogP contribution in [-0.4, -0.2) is 23.4 Å². The lowest BCUT2D eigenvalue weighted by molar-refractivity contribution is 0.102. The smallest absolute Gasteiger partial charge is 0.326 e. The zero-order chi connectivity index (χ0) is 12.1. The van der Waals surface area contributed by atoms with Crippen molar-refractivity contribution >= 4 is 24.7 Å². The molecule has 0 fully saturated rings. The SMILES string of the molecule is O=C(Nc1ccccn1)c1ccc([B]O)cc1. The third-order valence-corrected chi connectivity index (χ3v) is 2.23. The molecule has 2 aromatic rings. The summed E-state index contributed by atoms with van der Waals surface area (Å²) in [6.07, 6.45) is 1.61. The van der Waals surface area contributed by atoms with Crippen molar-refractivity contribution in [3.8, 4) is 0 Å². The van der Waals surface area contributed by atoms with Gasteiger partial charge in [-0.1, -0.05) is 23.7 Å². The first kappa shape index (κ1) is 11.4. The minimum absolute atomic E-state index is 0.229. The number of nitrogens with zero attached hydrogens (tertiary/aromatic N) is 1. The summed E-state index contributed by atoms with van der Waals surface area (Å²) in [4.78, 5) is 15.8. The van der Waals surface area contributed by atoms with Crippen molar-refractivity contribution in [2.45, 2.75) is 0 Å². The summed E-state index contributed by atoms with van der Waals surface area (Å²) in [6, 6.07) is 11.9. The highest BCUT2D eigenvalue weighted by atomic mass is 16.2. The van der Waals surface area contributed by atoms with E-state index in [0.717, 1.165) is 7.48 Å². The van der Waals surface area contributed by atoms with Crippen LogP contribution in [0.2, 0.25) is 0 Å². The molecule has 1 aromatic heterocycles. The van der Waals surface area contributed by atoms with Gasteiger partial charge in [-0.3, -0.25) is 4.79 Å². The molecule has 2 rings (SSSR count). The highest BCUT2D eigenvalue weighted by molar-refractivity contribution is 6.45. The van der Waals surface area contributed by atoms with E-state index in [1.165, 1.54) is 0 Å². The number of anilines is 1. The van der Waals surface area contributed by atoms with E-state index in [0.29, 0.717) is 16.8 Å². The van der Waals surface area contributed by atoms with Crippen molar-refractivity contribution in [1.29, 1.82) is 0 Å².